The second kappa shape index (κ2) is 6.74. The summed E-state index contributed by atoms with van der Waals surface area (Å²) in [6, 6.07) is 2.63. The Balaban J connectivity index is 0.000000200. The second-order valence-electron chi connectivity index (χ2n) is 3.59. The van der Waals surface area contributed by atoms with E-state index in [-0.39, 0.29) is 32.1 Å². The Morgan fingerprint density at radius 3 is 1.85 bits per heavy atom. The van der Waals surface area contributed by atoms with Crippen LogP contribution in [0.3, 0.4) is 0 Å². The lowest BCUT2D eigenvalue weighted by molar-refractivity contribution is 0.708. The van der Waals surface area contributed by atoms with Crippen LogP contribution < -0.4 is 16.9 Å². The molecule has 2 N–H and O–H groups in total. The minimum Gasteiger partial charge on any atom is -0.394 e. The maximum Gasteiger partial charge on any atom is 0.289 e. The number of nitrogens with two attached hydrogens (primary N) is 1. The number of halogens is 3. The van der Waals surface area contributed by atoms with Gasteiger partial charge < -0.3 is 5.73 Å². The minimum absolute atomic E-state index is 0.0856. The number of hydrogen-bond acceptors (Lipinski definition) is 5. The molecule has 0 aliphatic rings. The molecular weight excluding hydrogens is 329 g/mol. The molecule has 0 aromatic carbocycles. The van der Waals surface area contributed by atoms with Gasteiger partial charge in [-0.25, -0.2) is 9.36 Å². The number of nitrogens with zero attached hydrogens (tertiary/aromatic N) is 4. The summed E-state index contributed by atoms with van der Waals surface area (Å²) in [6.07, 6.45) is 0. The van der Waals surface area contributed by atoms with Crippen molar-refractivity contribution in [2.24, 2.45) is 14.1 Å². The molecule has 0 saturated carbocycles. The molecule has 0 saturated heterocycles. The quantitative estimate of drug-likeness (QED) is 0.776. The molecule has 20 heavy (non-hydrogen) atoms. The largest absolute Gasteiger partial charge is 0.394 e. The standard InChI is InChI=1S/C5H4Cl2N2O.C5H6ClN3O/c1-9-5(10)3(6)2-4(7)8-9;1-9-5(10)3(7)2-4(6)8-9/h2H,1H3;2H,7H2,1H3. The van der Waals surface area contributed by atoms with Gasteiger partial charge in [-0.3, -0.25) is 9.59 Å². The van der Waals surface area contributed by atoms with Gasteiger partial charge in [0.25, 0.3) is 11.1 Å². The average molecular weight is 339 g/mol. The van der Waals surface area contributed by atoms with Crippen LogP contribution in [-0.2, 0) is 14.1 Å². The van der Waals surface area contributed by atoms with E-state index in [1.54, 1.807) is 0 Å². The number of nitrogen functional groups attached to an aromatic ring is 1. The first-order chi connectivity index (χ1) is 9.22. The van der Waals surface area contributed by atoms with Gasteiger partial charge in [0, 0.05) is 26.2 Å². The van der Waals surface area contributed by atoms with Gasteiger partial charge in [0.15, 0.2) is 10.3 Å². The molecule has 108 valence electrons. The zero-order valence-electron chi connectivity index (χ0n) is 10.5. The van der Waals surface area contributed by atoms with Gasteiger partial charge in [-0.2, -0.15) is 10.2 Å². The fraction of sp³-hybridized carbons (Fsp3) is 0.200. The first-order valence-corrected chi connectivity index (χ1v) is 6.24. The van der Waals surface area contributed by atoms with Crippen molar-refractivity contribution in [1.29, 1.82) is 0 Å². The molecule has 0 fully saturated rings. The third kappa shape index (κ3) is 4.22. The van der Waals surface area contributed by atoms with Gasteiger partial charge in [0.05, 0.1) is 0 Å². The van der Waals surface area contributed by atoms with Crippen molar-refractivity contribution >= 4 is 40.5 Å². The molecule has 2 aromatic heterocycles. The smallest absolute Gasteiger partial charge is 0.289 e. The van der Waals surface area contributed by atoms with Gasteiger partial charge in [-0.15, -0.1) is 0 Å². The van der Waals surface area contributed by atoms with Crippen molar-refractivity contribution in [3.05, 3.63) is 48.2 Å². The van der Waals surface area contributed by atoms with Crippen LogP contribution in [0, 0.1) is 0 Å². The first-order valence-electron chi connectivity index (χ1n) is 5.11. The summed E-state index contributed by atoms with van der Waals surface area (Å²) < 4.78 is 2.18. The van der Waals surface area contributed by atoms with Gasteiger partial charge in [0.1, 0.15) is 10.7 Å². The van der Waals surface area contributed by atoms with Crippen LogP contribution in [0.5, 0.6) is 0 Å². The fourth-order valence-corrected chi connectivity index (χ4v) is 1.87. The average Bonchev–Trinajstić information content (AvgIpc) is 2.33. The number of rotatable bonds is 0. The van der Waals surface area contributed by atoms with Crippen LogP contribution in [0.25, 0.3) is 0 Å². The molecule has 2 rings (SSSR count). The van der Waals surface area contributed by atoms with E-state index in [1.165, 1.54) is 26.2 Å². The summed E-state index contributed by atoms with van der Waals surface area (Å²) in [5.74, 6) is 0. The Hall–Kier alpha value is -1.57. The molecule has 0 atom stereocenters. The predicted octanol–water partition coefficient (Wildman–Crippen LogP) is 1.10. The van der Waals surface area contributed by atoms with E-state index in [0.29, 0.717) is 0 Å². The zero-order valence-corrected chi connectivity index (χ0v) is 12.7. The SMILES string of the molecule is Cn1nc(Cl)cc(Cl)c1=O.Cn1nc(Cl)cc(N)c1=O. The van der Waals surface area contributed by atoms with Crippen molar-refractivity contribution < 1.29 is 0 Å². The van der Waals surface area contributed by atoms with Gasteiger partial charge in [0.2, 0.25) is 0 Å². The monoisotopic (exact) mass is 337 g/mol. The molecule has 7 nitrogen and oxygen atoms in total. The molecule has 0 bridgehead atoms. The molecule has 10 heteroatoms. The van der Waals surface area contributed by atoms with Crippen molar-refractivity contribution in [3.63, 3.8) is 0 Å². The van der Waals surface area contributed by atoms with Crippen molar-refractivity contribution in [3.8, 4) is 0 Å². The summed E-state index contributed by atoms with van der Waals surface area (Å²) in [6.45, 7) is 0. The molecule has 0 aliphatic carbocycles. The third-order valence-electron chi connectivity index (χ3n) is 2.05. The Morgan fingerprint density at radius 1 is 0.950 bits per heavy atom. The van der Waals surface area contributed by atoms with Gasteiger partial charge >= 0.3 is 0 Å². The highest BCUT2D eigenvalue weighted by atomic mass is 35.5. The van der Waals surface area contributed by atoms with E-state index in [2.05, 4.69) is 10.2 Å². The van der Waals surface area contributed by atoms with Crippen molar-refractivity contribution in [2.45, 2.75) is 0 Å². The lowest BCUT2D eigenvalue weighted by Gasteiger charge is -1.96. The molecule has 0 unspecified atom stereocenters. The fourth-order valence-electron chi connectivity index (χ4n) is 1.13. The van der Waals surface area contributed by atoms with E-state index < -0.39 is 0 Å². The van der Waals surface area contributed by atoms with Gasteiger partial charge in [-0.1, -0.05) is 34.8 Å². The second-order valence-corrected chi connectivity index (χ2v) is 4.78. The molecule has 2 heterocycles. The molecule has 0 radical (unpaired) electrons. The van der Waals surface area contributed by atoms with E-state index in [1.807, 2.05) is 0 Å². The van der Waals surface area contributed by atoms with E-state index >= 15 is 0 Å². The number of anilines is 1. The topological polar surface area (TPSA) is 95.8 Å². The van der Waals surface area contributed by atoms with Crippen LogP contribution in [0.2, 0.25) is 15.3 Å². The molecule has 0 spiro atoms. The molecule has 0 amide bonds. The molecule has 0 aliphatic heterocycles. The van der Waals surface area contributed by atoms with Crippen LogP contribution in [0.1, 0.15) is 0 Å². The highest BCUT2D eigenvalue weighted by Gasteiger charge is 2.00. The normalized spacial score (nSPS) is 9.85. The molecule has 2 aromatic rings. The maximum atomic E-state index is 10.8. The minimum atomic E-state index is -0.342. The van der Waals surface area contributed by atoms with Gasteiger partial charge in [-0.05, 0) is 0 Å². The van der Waals surface area contributed by atoms with Crippen LogP contribution >= 0.6 is 34.8 Å². The van der Waals surface area contributed by atoms with Crippen molar-refractivity contribution in [2.75, 3.05) is 5.73 Å². The van der Waals surface area contributed by atoms with Crippen LogP contribution in [0.4, 0.5) is 5.69 Å². The highest BCUT2D eigenvalue weighted by molar-refractivity contribution is 6.33. The lowest BCUT2D eigenvalue weighted by Crippen LogP contribution is -2.22. The van der Waals surface area contributed by atoms with Crippen molar-refractivity contribution in [1.82, 2.24) is 19.6 Å². The number of aryl methyl sites for hydroxylation is 2. The number of aromatic nitrogens is 4. The Morgan fingerprint density at radius 2 is 1.40 bits per heavy atom. The summed E-state index contributed by atoms with van der Waals surface area (Å²) in [7, 11) is 2.98. The Bertz CT molecular complexity index is 625. The van der Waals surface area contributed by atoms with Crippen LogP contribution in [0.15, 0.2) is 21.7 Å². The zero-order chi connectivity index (χ0) is 15.4. The summed E-state index contributed by atoms with van der Waals surface area (Å²) in [5.41, 5.74) is 4.71. The Kier molecular flexibility index (Phi) is 5.55. The first kappa shape index (κ1) is 16.5. The van der Waals surface area contributed by atoms with E-state index in [0.717, 1.165) is 9.36 Å². The third-order valence-corrected chi connectivity index (χ3v) is 2.69. The number of hydrogen-bond donors (Lipinski definition) is 1. The predicted molar refractivity (Wildman–Crippen MR) is 78.4 cm³/mol. The summed E-state index contributed by atoms with van der Waals surface area (Å²) in [5, 5.41) is 7.77. The Labute approximate surface area is 128 Å². The van der Waals surface area contributed by atoms with Crippen LogP contribution in [-0.4, -0.2) is 19.6 Å². The van der Waals surface area contributed by atoms with E-state index in [9.17, 15) is 9.59 Å². The molecular formula is C10H10Cl3N5O2. The summed E-state index contributed by atoms with van der Waals surface area (Å²) in [4.78, 5) is 21.7. The highest BCUT2D eigenvalue weighted by Crippen LogP contribution is 2.06. The summed E-state index contributed by atoms with van der Waals surface area (Å²) >= 11 is 16.4. The lowest BCUT2D eigenvalue weighted by atomic mass is 10.5. The van der Waals surface area contributed by atoms with E-state index in [4.69, 9.17) is 40.5 Å². The maximum absolute atomic E-state index is 10.8.